The third-order valence-electron chi connectivity index (χ3n) is 4.03. The van der Waals surface area contributed by atoms with Gasteiger partial charge in [0, 0.05) is 36.2 Å². The maximum absolute atomic E-state index is 13.0. The van der Waals surface area contributed by atoms with Gasteiger partial charge in [-0.15, -0.1) is 5.10 Å². The fourth-order valence-electron chi connectivity index (χ4n) is 2.56. The van der Waals surface area contributed by atoms with Gasteiger partial charge in [0.1, 0.15) is 6.33 Å². The summed E-state index contributed by atoms with van der Waals surface area (Å²) in [6.45, 7) is 0. The Kier molecular flexibility index (Phi) is 5.96. The zero-order valence-electron chi connectivity index (χ0n) is 15.6. The van der Waals surface area contributed by atoms with Crippen LogP contribution in [0.1, 0.15) is 16.7 Å². The maximum Gasteiger partial charge on any atom is 0.416 e. The van der Waals surface area contributed by atoms with Gasteiger partial charge in [0.15, 0.2) is 5.82 Å². The highest BCUT2D eigenvalue weighted by atomic mass is 19.4. The lowest BCUT2D eigenvalue weighted by atomic mass is 10.0. The number of primary amides is 1. The Morgan fingerprint density at radius 1 is 0.969 bits per heavy atom. The minimum atomic E-state index is -5.03. The Morgan fingerprint density at radius 2 is 1.53 bits per heavy atom. The molecular weight excluding hydrogens is 449 g/mol. The molecule has 2 N–H and O–H groups in total. The number of hydrogen-bond donors (Lipinski definition) is 1. The lowest BCUT2D eigenvalue weighted by Crippen LogP contribution is -2.16. The lowest BCUT2D eigenvalue weighted by Gasteiger charge is -2.13. The van der Waals surface area contributed by atoms with Crippen LogP contribution in [0.4, 0.5) is 30.7 Å². The number of nitrogens with zero attached hydrogens (tertiary/aromatic N) is 5. The monoisotopic (exact) mass is 460 g/mol. The van der Waals surface area contributed by atoms with Gasteiger partial charge in [0.05, 0.1) is 11.1 Å². The Labute approximate surface area is 174 Å². The molecule has 0 radical (unpaired) electrons. The van der Waals surface area contributed by atoms with Crippen molar-refractivity contribution in [3.63, 3.8) is 0 Å². The van der Waals surface area contributed by atoms with Crippen molar-refractivity contribution in [1.29, 1.82) is 0 Å². The number of halogens is 7. The zero-order chi connectivity index (χ0) is 23.7. The van der Waals surface area contributed by atoms with Crippen molar-refractivity contribution in [2.45, 2.75) is 18.8 Å². The average molecular weight is 460 g/mol. The van der Waals surface area contributed by atoms with Crippen molar-refractivity contribution in [2.75, 3.05) is 0 Å². The standard InChI is InChI=1S/C18H11F7N6O/c19-16-27-5-9(6-28-16)1-11(14(26)32)7-31-8-29-15(30-31)10-2-12(17(20,21)22)4-13(3-10)18(23,24)25/h2-8H,1H2,(H2,26,32)/b11-7+. The van der Waals surface area contributed by atoms with Crippen molar-refractivity contribution in [1.82, 2.24) is 24.7 Å². The van der Waals surface area contributed by atoms with Gasteiger partial charge in [0.2, 0.25) is 5.91 Å². The highest BCUT2D eigenvalue weighted by Crippen LogP contribution is 2.38. The second-order valence-corrected chi connectivity index (χ2v) is 6.40. The molecule has 2 aromatic heterocycles. The van der Waals surface area contributed by atoms with Crippen LogP contribution < -0.4 is 5.73 Å². The van der Waals surface area contributed by atoms with Gasteiger partial charge in [-0.05, 0) is 23.8 Å². The molecule has 7 nitrogen and oxygen atoms in total. The van der Waals surface area contributed by atoms with E-state index in [4.69, 9.17) is 5.73 Å². The molecule has 0 unspecified atom stereocenters. The molecule has 0 spiro atoms. The summed E-state index contributed by atoms with van der Waals surface area (Å²) in [5, 5.41) is 3.80. The van der Waals surface area contributed by atoms with Crippen molar-refractivity contribution in [3.8, 4) is 11.4 Å². The lowest BCUT2D eigenvalue weighted by molar-refractivity contribution is -0.143. The Hall–Kier alpha value is -3.84. The summed E-state index contributed by atoms with van der Waals surface area (Å²) < 4.78 is 92.0. The molecular formula is C18H11F7N6O. The van der Waals surface area contributed by atoms with Crippen LogP contribution in [0.2, 0.25) is 0 Å². The van der Waals surface area contributed by atoms with E-state index < -0.39 is 46.9 Å². The average Bonchev–Trinajstić information content (AvgIpc) is 3.16. The predicted molar refractivity (Wildman–Crippen MR) is 94.6 cm³/mol. The summed E-state index contributed by atoms with van der Waals surface area (Å²) >= 11 is 0. The molecule has 32 heavy (non-hydrogen) atoms. The van der Waals surface area contributed by atoms with Gasteiger partial charge in [-0.2, -0.15) is 30.7 Å². The molecule has 0 aliphatic rings. The van der Waals surface area contributed by atoms with Gasteiger partial charge >= 0.3 is 18.4 Å². The van der Waals surface area contributed by atoms with Crippen LogP contribution >= 0.6 is 0 Å². The van der Waals surface area contributed by atoms with Gasteiger partial charge in [-0.3, -0.25) is 4.79 Å². The molecule has 3 aromatic rings. The van der Waals surface area contributed by atoms with Crippen molar-refractivity contribution in [3.05, 3.63) is 65.3 Å². The molecule has 0 saturated heterocycles. The Balaban J connectivity index is 1.98. The summed E-state index contributed by atoms with van der Waals surface area (Å²) in [4.78, 5) is 22.0. The molecule has 1 amide bonds. The maximum atomic E-state index is 13.0. The molecule has 2 heterocycles. The van der Waals surface area contributed by atoms with Crippen LogP contribution in [0.5, 0.6) is 0 Å². The highest BCUT2D eigenvalue weighted by Gasteiger charge is 2.37. The van der Waals surface area contributed by atoms with Crippen molar-refractivity contribution < 1.29 is 35.5 Å². The van der Waals surface area contributed by atoms with Crippen molar-refractivity contribution >= 4 is 12.1 Å². The molecule has 3 rings (SSSR count). The second kappa shape index (κ2) is 8.36. The van der Waals surface area contributed by atoms with Gasteiger partial charge in [-0.1, -0.05) is 0 Å². The van der Waals surface area contributed by atoms with Gasteiger partial charge in [0.25, 0.3) is 0 Å². The molecule has 1 aromatic carbocycles. The number of nitrogens with two attached hydrogens (primary N) is 1. The number of rotatable bonds is 5. The topological polar surface area (TPSA) is 99.6 Å². The first kappa shape index (κ1) is 22.8. The third-order valence-corrected chi connectivity index (χ3v) is 4.03. The second-order valence-electron chi connectivity index (χ2n) is 6.40. The van der Waals surface area contributed by atoms with Crippen LogP contribution in [0.15, 0.2) is 42.5 Å². The first-order chi connectivity index (χ1) is 14.8. The largest absolute Gasteiger partial charge is 0.416 e. The van der Waals surface area contributed by atoms with E-state index in [1.165, 1.54) is 0 Å². The fourth-order valence-corrected chi connectivity index (χ4v) is 2.56. The van der Waals surface area contributed by atoms with E-state index in [1.54, 1.807) is 0 Å². The van der Waals surface area contributed by atoms with E-state index in [9.17, 15) is 35.5 Å². The molecule has 0 aliphatic carbocycles. The minimum Gasteiger partial charge on any atom is -0.366 e. The van der Waals surface area contributed by atoms with Crippen molar-refractivity contribution in [2.24, 2.45) is 5.73 Å². The van der Waals surface area contributed by atoms with E-state index in [0.29, 0.717) is 17.7 Å². The summed E-state index contributed by atoms with van der Waals surface area (Å²) in [7, 11) is 0. The molecule has 0 atom stereocenters. The van der Waals surface area contributed by atoms with Crippen LogP contribution in [0, 0.1) is 6.08 Å². The molecule has 0 bridgehead atoms. The number of hydrogen-bond acceptors (Lipinski definition) is 5. The van der Waals surface area contributed by atoms with Crippen LogP contribution in [-0.4, -0.2) is 30.6 Å². The van der Waals surface area contributed by atoms with E-state index in [-0.39, 0.29) is 18.1 Å². The summed E-state index contributed by atoms with van der Waals surface area (Å²) in [6, 6.07) is 0.934. The Bertz CT molecular complexity index is 1130. The van der Waals surface area contributed by atoms with Crippen LogP contribution in [-0.2, 0) is 23.6 Å². The first-order valence-electron chi connectivity index (χ1n) is 8.51. The van der Waals surface area contributed by atoms with E-state index in [0.717, 1.165) is 29.6 Å². The van der Waals surface area contributed by atoms with Gasteiger partial charge < -0.3 is 5.73 Å². The zero-order valence-corrected chi connectivity index (χ0v) is 15.6. The van der Waals surface area contributed by atoms with Gasteiger partial charge in [-0.25, -0.2) is 19.6 Å². The quantitative estimate of drug-likeness (QED) is 0.357. The smallest absolute Gasteiger partial charge is 0.366 e. The number of carbonyl (C=O) groups is 1. The number of benzene rings is 1. The Morgan fingerprint density at radius 3 is 2.03 bits per heavy atom. The summed E-state index contributed by atoms with van der Waals surface area (Å²) in [6.07, 6.45) is -6.96. The van der Waals surface area contributed by atoms with E-state index in [2.05, 4.69) is 20.1 Å². The third kappa shape index (κ3) is 5.44. The SMILES string of the molecule is NC(=O)/C(=C/n1cnc(-c2cc(C(F)(F)F)cc(C(F)(F)F)c2)n1)Cc1cnc(F)nc1. The van der Waals surface area contributed by atoms with E-state index in [1.807, 2.05) is 0 Å². The molecule has 0 aliphatic heterocycles. The highest BCUT2D eigenvalue weighted by molar-refractivity contribution is 5.95. The normalized spacial score (nSPS) is 12.8. The number of alkyl halides is 6. The number of aromatic nitrogens is 5. The minimum absolute atomic E-state index is 0.0175. The summed E-state index contributed by atoms with van der Waals surface area (Å²) in [5.41, 5.74) is 1.92. The molecule has 0 fully saturated rings. The molecule has 168 valence electrons. The fraction of sp³-hybridized carbons (Fsp3) is 0.167. The molecule has 0 saturated carbocycles. The number of carbonyl (C=O) groups excluding carboxylic acids is 1. The van der Waals surface area contributed by atoms with Crippen LogP contribution in [0.3, 0.4) is 0 Å². The molecule has 14 heteroatoms. The van der Waals surface area contributed by atoms with E-state index >= 15 is 0 Å². The predicted octanol–water partition coefficient (Wildman–Crippen LogP) is 3.48. The number of amides is 1. The summed E-state index contributed by atoms with van der Waals surface area (Å²) in [5.74, 6) is -1.36. The van der Waals surface area contributed by atoms with Crippen LogP contribution in [0.25, 0.3) is 17.6 Å². The first-order valence-corrected chi connectivity index (χ1v) is 8.51.